The molecule has 2 rings (SSSR count). The average molecular weight is 176 g/mol. The highest BCUT2D eigenvalue weighted by molar-refractivity contribution is 5.54. The van der Waals surface area contributed by atoms with Gasteiger partial charge in [0, 0.05) is 26.3 Å². The van der Waals surface area contributed by atoms with Crippen LogP contribution in [0.5, 0.6) is 0 Å². The minimum Gasteiger partial charge on any atom is -0.353 e. The van der Waals surface area contributed by atoms with Crippen molar-refractivity contribution in [3.63, 3.8) is 0 Å². The zero-order valence-electron chi connectivity index (χ0n) is 7.86. The molecule has 1 aliphatic rings. The molecule has 1 aliphatic heterocycles. The van der Waals surface area contributed by atoms with Gasteiger partial charge in [-0.1, -0.05) is 6.92 Å². The van der Waals surface area contributed by atoms with Gasteiger partial charge < -0.3 is 4.90 Å². The second kappa shape index (κ2) is 2.77. The number of aryl methyl sites for hydroxylation is 1. The number of anilines is 1. The number of hydrogen-bond donors (Lipinski definition) is 0. The normalized spacial score (nSPS) is 16.8. The van der Waals surface area contributed by atoms with Gasteiger partial charge in [-0.15, -0.1) is 0 Å². The highest BCUT2D eigenvalue weighted by Crippen LogP contribution is 2.25. The first-order chi connectivity index (χ1) is 6.20. The van der Waals surface area contributed by atoms with E-state index in [1.807, 2.05) is 7.05 Å². The van der Waals surface area contributed by atoms with Gasteiger partial charge in [-0.05, 0) is 5.92 Å². The van der Waals surface area contributed by atoms with Crippen LogP contribution in [0.2, 0.25) is 0 Å². The Balaban J connectivity index is 2.25. The molecule has 4 nitrogen and oxygen atoms in total. The fraction of sp³-hybridized carbons (Fsp3) is 0.556. The van der Waals surface area contributed by atoms with Crippen molar-refractivity contribution in [3.05, 3.63) is 11.8 Å². The van der Waals surface area contributed by atoms with Gasteiger partial charge in [-0.3, -0.25) is 4.68 Å². The maximum absolute atomic E-state index is 8.84. The van der Waals surface area contributed by atoms with Crippen LogP contribution in [-0.2, 0) is 7.05 Å². The Labute approximate surface area is 77.4 Å². The molecule has 0 bridgehead atoms. The molecule has 0 unspecified atom stereocenters. The predicted molar refractivity (Wildman–Crippen MR) is 49.3 cm³/mol. The Bertz CT molecular complexity index is 354. The number of aromatic nitrogens is 2. The van der Waals surface area contributed by atoms with Crippen LogP contribution in [0.1, 0.15) is 12.5 Å². The highest BCUT2D eigenvalue weighted by atomic mass is 15.4. The van der Waals surface area contributed by atoms with Crippen LogP contribution in [0, 0.1) is 17.2 Å². The third-order valence-electron chi connectivity index (χ3n) is 2.29. The van der Waals surface area contributed by atoms with E-state index in [2.05, 4.69) is 23.0 Å². The molecule has 4 heteroatoms. The quantitative estimate of drug-likeness (QED) is 0.634. The Kier molecular flexibility index (Phi) is 1.73. The van der Waals surface area contributed by atoms with Gasteiger partial charge in [0.15, 0.2) is 5.82 Å². The summed E-state index contributed by atoms with van der Waals surface area (Å²) in [7, 11) is 1.84. The van der Waals surface area contributed by atoms with Gasteiger partial charge in [0.1, 0.15) is 11.6 Å². The molecule has 1 aromatic heterocycles. The molecule has 1 aromatic rings. The van der Waals surface area contributed by atoms with Gasteiger partial charge in [-0.2, -0.15) is 10.4 Å². The summed E-state index contributed by atoms with van der Waals surface area (Å²) in [5.74, 6) is 1.57. The topological polar surface area (TPSA) is 44.9 Å². The first-order valence-corrected chi connectivity index (χ1v) is 4.39. The summed E-state index contributed by atoms with van der Waals surface area (Å²) in [4.78, 5) is 2.14. The lowest BCUT2D eigenvalue weighted by Crippen LogP contribution is -2.45. The van der Waals surface area contributed by atoms with Crippen LogP contribution >= 0.6 is 0 Å². The van der Waals surface area contributed by atoms with Crippen LogP contribution in [0.4, 0.5) is 5.82 Å². The Morgan fingerprint density at radius 1 is 1.62 bits per heavy atom. The number of rotatable bonds is 1. The second-order valence-corrected chi connectivity index (χ2v) is 3.66. The first-order valence-electron chi connectivity index (χ1n) is 4.39. The molecule has 68 valence electrons. The summed E-state index contributed by atoms with van der Waals surface area (Å²) in [6, 6.07) is 2.16. The molecule has 0 N–H and O–H groups in total. The maximum atomic E-state index is 8.84. The lowest BCUT2D eigenvalue weighted by molar-refractivity contribution is 0.441. The molecule has 0 amide bonds. The molecule has 0 aliphatic carbocycles. The van der Waals surface area contributed by atoms with Crippen molar-refractivity contribution in [1.82, 2.24) is 9.78 Å². The van der Waals surface area contributed by atoms with E-state index in [1.54, 1.807) is 10.9 Å². The molecule has 13 heavy (non-hydrogen) atoms. The molecular weight excluding hydrogens is 164 g/mol. The molecule has 0 atom stereocenters. The van der Waals surface area contributed by atoms with Crippen LogP contribution in [0.15, 0.2) is 6.20 Å². The highest BCUT2D eigenvalue weighted by Gasteiger charge is 2.26. The van der Waals surface area contributed by atoms with Crippen molar-refractivity contribution < 1.29 is 0 Å². The summed E-state index contributed by atoms with van der Waals surface area (Å²) in [6.07, 6.45) is 1.76. The van der Waals surface area contributed by atoms with Gasteiger partial charge in [0.25, 0.3) is 0 Å². The van der Waals surface area contributed by atoms with E-state index < -0.39 is 0 Å². The minimum absolute atomic E-state index is 0.675. The SMILES string of the molecule is CC1CN(c2nn(C)cc2C#N)C1. The summed E-state index contributed by atoms with van der Waals surface area (Å²) in [5.41, 5.74) is 0.675. The summed E-state index contributed by atoms with van der Waals surface area (Å²) >= 11 is 0. The molecular formula is C9H12N4. The Morgan fingerprint density at radius 2 is 2.31 bits per heavy atom. The van der Waals surface area contributed by atoms with E-state index in [4.69, 9.17) is 5.26 Å². The molecule has 0 saturated carbocycles. The molecule has 0 radical (unpaired) electrons. The number of nitrogens with zero attached hydrogens (tertiary/aromatic N) is 4. The van der Waals surface area contributed by atoms with E-state index in [0.717, 1.165) is 24.8 Å². The van der Waals surface area contributed by atoms with Gasteiger partial charge in [0.2, 0.25) is 0 Å². The fourth-order valence-corrected chi connectivity index (χ4v) is 1.66. The van der Waals surface area contributed by atoms with Crippen molar-refractivity contribution in [1.29, 1.82) is 5.26 Å². The fourth-order valence-electron chi connectivity index (χ4n) is 1.66. The molecule has 0 spiro atoms. The average Bonchev–Trinajstić information content (AvgIpc) is 2.40. The lowest BCUT2D eigenvalue weighted by atomic mass is 10.0. The minimum atomic E-state index is 0.675. The molecule has 1 fully saturated rings. The van der Waals surface area contributed by atoms with Crippen molar-refractivity contribution in [2.75, 3.05) is 18.0 Å². The second-order valence-electron chi connectivity index (χ2n) is 3.66. The third-order valence-corrected chi connectivity index (χ3v) is 2.29. The predicted octanol–water partition coefficient (Wildman–Crippen LogP) is 0.748. The summed E-state index contributed by atoms with van der Waals surface area (Å²) in [6.45, 7) is 4.24. The third kappa shape index (κ3) is 1.26. The molecule has 0 aromatic carbocycles. The Hall–Kier alpha value is -1.50. The monoisotopic (exact) mass is 176 g/mol. The van der Waals surface area contributed by atoms with Gasteiger partial charge in [-0.25, -0.2) is 0 Å². The van der Waals surface area contributed by atoms with E-state index in [1.165, 1.54) is 0 Å². The number of hydrogen-bond acceptors (Lipinski definition) is 3. The lowest BCUT2D eigenvalue weighted by Gasteiger charge is -2.37. The maximum Gasteiger partial charge on any atom is 0.168 e. The van der Waals surface area contributed by atoms with Gasteiger partial charge >= 0.3 is 0 Å². The van der Waals surface area contributed by atoms with Crippen molar-refractivity contribution in [3.8, 4) is 6.07 Å². The molecule has 1 saturated heterocycles. The van der Waals surface area contributed by atoms with E-state index in [9.17, 15) is 0 Å². The van der Waals surface area contributed by atoms with Crippen LogP contribution in [-0.4, -0.2) is 22.9 Å². The summed E-state index contributed by atoms with van der Waals surface area (Å²) in [5, 5.41) is 13.1. The van der Waals surface area contributed by atoms with Crippen molar-refractivity contribution in [2.45, 2.75) is 6.92 Å². The van der Waals surface area contributed by atoms with Crippen molar-refractivity contribution >= 4 is 5.82 Å². The zero-order valence-corrected chi connectivity index (χ0v) is 7.86. The first kappa shape index (κ1) is 8.11. The van der Waals surface area contributed by atoms with E-state index in [0.29, 0.717) is 5.56 Å². The summed E-state index contributed by atoms with van der Waals surface area (Å²) < 4.78 is 1.69. The van der Waals surface area contributed by atoms with Crippen molar-refractivity contribution in [2.24, 2.45) is 13.0 Å². The van der Waals surface area contributed by atoms with E-state index >= 15 is 0 Å². The smallest absolute Gasteiger partial charge is 0.168 e. The van der Waals surface area contributed by atoms with Gasteiger partial charge in [0.05, 0.1) is 0 Å². The van der Waals surface area contributed by atoms with Crippen LogP contribution in [0.3, 0.4) is 0 Å². The van der Waals surface area contributed by atoms with Crippen LogP contribution < -0.4 is 4.90 Å². The number of nitriles is 1. The Morgan fingerprint density at radius 3 is 2.85 bits per heavy atom. The zero-order chi connectivity index (χ0) is 9.42. The standard InChI is InChI=1S/C9H12N4/c1-7-4-13(5-7)9-8(3-10)6-12(2)11-9/h6-7H,4-5H2,1-2H3. The van der Waals surface area contributed by atoms with E-state index in [-0.39, 0.29) is 0 Å². The largest absolute Gasteiger partial charge is 0.353 e. The molecule has 2 heterocycles. The van der Waals surface area contributed by atoms with Crippen LogP contribution in [0.25, 0.3) is 0 Å².